The first-order valence-electron chi connectivity index (χ1n) is 6.85. The van der Waals surface area contributed by atoms with E-state index in [1.807, 2.05) is 11.8 Å². The molecule has 3 unspecified atom stereocenters. The Morgan fingerprint density at radius 3 is 2.88 bits per heavy atom. The number of thioether (sulfide) groups is 1. The minimum atomic E-state index is 0.297. The van der Waals surface area contributed by atoms with Gasteiger partial charge in [0.1, 0.15) is 0 Å². The first-order valence-corrected chi connectivity index (χ1v) is 8.14. The predicted molar refractivity (Wildman–Crippen MR) is 73.1 cm³/mol. The van der Waals surface area contributed by atoms with Gasteiger partial charge in [-0.2, -0.15) is 11.8 Å². The van der Waals surface area contributed by atoms with Crippen molar-refractivity contribution >= 4 is 17.7 Å². The zero-order valence-corrected chi connectivity index (χ0v) is 11.8. The molecule has 2 fully saturated rings. The molecule has 3 nitrogen and oxygen atoms in total. The maximum absolute atomic E-state index is 12.1. The van der Waals surface area contributed by atoms with E-state index in [4.69, 9.17) is 0 Å². The van der Waals surface area contributed by atoms with E-state index >= 15 is 0 Å². The van der Waals surface area contributed by atoms with E-state index in [0.717, 1.165) is 12.8 Å². The van der Waals surface area contributed by atoms with Crippen molar-refractivity contribution in [2.75, 3.05) is 12.8 Å². The molecule has 1 heterocycles. The first-order chi connectivity index (χ1) is 8.27. The summed E-state index contributed by atoms with van der Waals surface area (Å²) in [7, 11) is 0. The molecule has 1 saturated carbocycles. The summed E-state index contributed by atoms with van der Waals surface area (Å²) >= 11 is 1.94. The number of rotatable bonds is 4. The highest BCUT2D eigenvalue weighted by Gasteiger charge is 2.39. The quantitative estimate of drug-likeness (QED) is 0.837. The van der Waals surface area contributed by atoms with Gasteiger partial charge >= 0.3 is 0 Å². The molecule has 1 N–H and O–H groups in total. The van der Waals surface area contributed by atoms with Crippen molar-refractivity contribution in [1.29, 1.82) is 0 Å². The van der Waals surface area contributed by atoms with E-state index in [0.29, 0.717) is 29.9 Å². The minimum absolute atomic E-state index is 0.297. The van der Waals surface area contributed by atoms with Crippen molar-refractivity contribution in [3.63, 3.8) is 0 Å². The lowest BCUT2D eigenvalue weighted by Crippen LogP contribution is -2.50. The van der Waals surface area contributed by atoms with Crippen LogP contribution in [0.3, 0.4) is 0 Å². The first kappa shape index (κ1) is 13.2. The standard InChI is InChI=1S/C13H24N2OS/c1-3-6-12-14-9-13(16)15(12)10-7-4-5-8-11(10)17-2/h10-12,14H,3-9H2,1-2H3. The third-order valence-electron chi connectivity index (χ3n) is 4.00. The average Bonchev–Trinajstić information content (AvgIpc) is 2.71. The molecular weight excluding hydrogens is 232 g/mol. The van der Waals surface area contributed by atoms with Gasteiger partial charge in [0.25, 0.3) is 0 Å². The molecule has 0 aromatic heterocycles. The van der Waals surface area contributed by atoms with Crippen molar-refractivity contribution < 1.29 is 4.79 Å². The van der Waals surface area contributed by atoms with Crippen LogP contribution in [0.4, 0.5) is 0 Å². The van der Waals surface area contributed by atoms with Crippen LogP contribution in [0.2, 0.25) is 0 Å². The smallest absolute Gasteiger partial charge is 0.238 e. The van der Waals surface area contributed by atoms with Gasteiger partial charge < -0.3 is 4.90 Å². The number of carbonyl (C=O) groups is 1. The second kappa shape index (κ2) is 6.10. The lowest BCUT2D eigenvalue weighted by Gasteiger charge is -2.40. The van der Waals surface area contributed by atoms with E-state index in [-0.39, 0.29) is 0 Å². The Bertz CT molecular complexity index is 272. The van der Waals surface area contributed by atoms with Crippen molar-refractivity contribution in [1.82, 2.24) is 10.2 Å². The Balaban J connectivity index is 2.08. The Hall–Kier alpha value is -0.220. The maximum atomic E-state index is 12.1. The summed E-state index contributed by atoms with van der Waals surface area (Å²) in [5, 5.41) is 4.01. The molecule has 4 heteroatoms. The normalized spacial score (nSPS) is 34.4. The Kier molecular flexibility index (Phi) is 4.74. The molecule has 1 aliphatic heterocycles. The Labute approximate surface area is 109 Å². The molecular formula is C13H24N2OS. The summed E-state index contributed by atoms with van der Waals surface area (Å²) in [5.74, 6) is 0.314. The number of hydrogen-bond acceptors (Lipinski definition) is 3. The van der Waals surface area contributed by atoms with Gasteiger partial charge in [-0.3, -0.25) is 10.1 Å². The zero-order chi connectivity index (χ0) is 12.3. The second-order valence-electron chi connectivity index (χ2n) is 5.11. The van der Waals surface area contributed by atoms with Crippen molar-refractivity contribution in [2.24, 2.45) is 0 Å². The predicted octanol–water partition coefficient (Wildman–Crippen LogP) is 2.22. The number of amides is 1. The van der Waals surface area contributed by atoms with E-state index < -0.39 is 0 Å². The molecule has 98 valence electrons. The van der Waals surface area contributed by atoms with Crippen LogP contribution in [0.5, 0.6) is 0 Å². The highest BCUT2D eigenvalue weighted by atomic mass is 32.2. The van der Waals surface area contributed by atoms with E-state index in [1.165, 1.54) is 25.7 Å². The van der Waals surface area contributed by atoms with Gasteiger partial charge in [-0.15, -0.1) is 0 Å². The monoisotopic (exact) mass is 256 g/mol. The molecule has 17 heavy (non-hydrogen) atoms. The molecule has 1 saturated heterocycles. The molecule has 0 bridgehead atoms. The summed E-state index contributed by atoms with van der Waals surface area (Å²) < 4.78 is 0. The largest absolute Gasteiger partial charge is 0.322 e. The van der Waals surface area contributed by atoms with E-state index in [9.17, 15) is 4.79 Å². The summed E-state index contributed by atoms with van der Waals surface area (Å²) in [6.45, 7) is 2.73. The lowest BCUT2D eigenvalue weighted by atomic mass is 9.93. The number of nitrogens with zero attached hydrogens (tertiary/aromatic N) is 1. The van der Waals surface area contributed by atoms with Gasteiger partial charge in [-0.25, -0.2) is 0 Å². The van der Waals surface area contributed by atoms with Crippen LogP contribution in [-0.2, 0) is 4.79 Å². The molecule has 0 aromatic rings. The van der Waals surface area contributed by atoms with Crippen LogP contribution in [0.25, 0.3) is 0 Å². The molecule has 1 aliphatic carbocycles. The van der Waals surface area contributed by atoms with E-state index in [1.54, 1.807) is 0 Å². The zero-order valence-electron chi connectivity index (χ0n) is 10.9. The molecule has 0 radical (unpaired) electrons. The summed E-state index contributed by atoms with van der Waals surface area (Å²) in [6, 6.07) is 0.470. The summed E-state index contributed by atoms with van der Waals surface area (Å²) in [5.41, 5.74) is 0. The number of carbonyl (C=O) groups excluding carboxylic acids is 1. The fraction of sp³-hybridized carbons (Fsp3) is 0.923. The fourth-order valence-electron chi connectivity index (χ4n) is 3.17. The van der Waals surface area contributed by atoms with Gasteiger partial charge in [0.15, 0.2) is 0 Å². The molecule has 0 aromatic carbocycles. The highest BCUT2D eigenvalue weighted by Crippen LogP contribution is 2.33. The van der Waals surface area contributed by atoms with Crippen LogP contribution >= 0.6 is 11.8 Å². The third kappa shape index (κ3) is 2.79. The Morgan fingerprint density at radius 1 is 1.41 bits per heavy atom. The third-order valence-corrected chi connectivity index (χ3v) is 5.16. The highest BCUT2D eigenvalue weighted by molar-refractivity contribution is 7.99. The van der Waals surface area contributed by atoms with Gasteiger partial charge in [-0.05, 0) is 25.5 Å². The SMILES string of the molecule is CCCC1NCC(=O)N1C1CCCCC1SC. The van der Waals surface area contributed by atoms with Gasteiger partial charge in [0.05, 0.1) is 12.7 Å². The van der Waals surface area contributed by atoms with Crippen molar-refractivity contribution in [3.8, 4) is 0 Å². The van der Waals surface area contributed by atoms with Crippen LogP contribution in [0.15, 0.2) is 0 Å². The van der Waals surface area contributed by atoms with Crippen molar-refractivity contribution in [3.05, 3.63) is 0 Å². The van der Waals surface area contributed by atoms with Gasteiger partial charge in [0, 0.05) is 11.3 Å². The van der Waals surface area contributed by atoms with Crippen molar-refractivity contribution in [2.45, 2.75) is 62.9 Å². The fourth-order valence-corrected chi connectivity index (χ4v) is 4.15. The molecule has 2 rings (SSSR count). The number of hydrogen-bond donors (Lipinski definition) is 1. The maximum Gasteiger partial charge on any atom is 0.238 e. The van der Waals surface area contributed by atoms with Crippen LogP contribution in [-0.4, -0.2) is 41.1 Å². The van der Waals surface area contributed by atoms with Crippen LogP contribution < -0.4 is 5.32 Å². The second-order valence-corrected chi connectivity index (χ2v) is 6.19. The summed E-state index contributed by atoms with van der Waals surface area (Å²) in [6.07, 6.45) is 9.78. The van der Waals surface area contributed by atoms with Gasteiger partial charge in [0.2, 0.25) is 5.91 Å². The minimum Gasteiger partial charge on any atom is -0.322 e. The number of nitrogens with one attached hydrogen (secondary N) is 1. The van der Waals surface area contributed by atoms with Crippen LogP contribution in [0, 0.1) is 0 Å². The lowest BCUT2D eigenvalue weighted by molar-refractivity contribution is -0.130. The van der Waals surface area contributed by atoms with Gasteiger partial charge in [-0.1, -0.05) is 26.2 Å². The topological polar surface area (TPSA) is 32.3 Å². The molecule has 0 spiro atoms. The molecule has 3 atom stereocenters. The molecule has 1 amide bonds. The Morgan fingerprint density at radius 2 is 2.18 bits per heavy atom. The molecule has 2 aliphatic rings. The average molecular weight is 256 g/mol. The summed E-state index contributed by atoms with van der Waals surface area (Å²) in [4.78, 5) is 14.2. The van der Waals surface area contributed by atoms with E-state index in [2.05, 4.69) is 23.4 Å². The van der Waals surface area contributed by atoms with Crippen LogP contribution in [0.1, 0.15) is 45.4 Å².